The van der Waals surface area contributed by atoms with Crippen molar-refractivity contribution in [2.24, 2.45) is 0 Å². The van der Waals surface area contributed by atoms with E-state index >= 15 is 0 Å². The Labute approximate surface area is 165 Å². The molecule has 1 fully saturated rings. The van der Waals surface area contributed by atoms with E-state index in [0.29, 0.717) is 17.7 Å². The number of amides is 1. The Kier molecular flexibility index (Phi) is 5.86. The molecule has 0 bridgehead atoms. The van der Waals surface area contributed by atoms with Crippen molar-refractivity contribution in [3.05, 3.63) is 65.5 Å². The van der Waals surface area contributed by atoms with Crippen LogP contribution in [-0.2, 0) is 16.6 Å². The van der Waals surface area contributed by atoms with Gasteiger partial charge in [-0.3, -0.25) is 4.79 Å². The van der Waals surface area contributed by atoms with Gasteiger partial charge in [0.25, 0.3) is 5.91 Å². The molecular formula is C21H25FN2O3S. The fourth-order valence-electron chi connectivity index (χ4n) is 2.98. The summed E-state index contributed by atoms with van der Waals surface area (Å²) in [6.07, 6.45) is 1.80. The summed E-state index contributed by atoms with van der Waals surface area (Å²) < 4.78 is 40.3. The molecule has 0 atom stereocenters. The second-order valence-electron chi connectivity index (χ2n) is 7.44. The molecule has 1 aliphatic rings. The molecule has 7 heteroatoms. The van der Waals surface area contributed by atoms with Gasteiger partial charge in [0.05, 0.1) is 4.90 Å². The molecule has 1 amide bonds. The maximum atomic E-state index is 13.5. The third kappa shape index (κ3) is 4.42. The van der Waals surface area contributed by atoms with Crippen molar-refractivity contribution in [3.8, 4) is 0 Å². The summed E-state index contributed by atoms with van der Waals surface area (Å²) in [4.78, 5) is 14.9. The third-order valence-corrected chi connectivity index (χ3v) is 7.01. The van der Waals surface area contributed by atoms with E-state index in [1.54, 1.807) is 43.0 Å². The van der Waals surface area contributed by atoms with E-state index in [9.17, 15) is 17.6 Å². The molecule has 0 heterocycles. The Morgan fingerprint density at radius 2 is 1.82 bits per heavy atom. The molecule has 5 nitrogen and oxygen atoms in total. The number of nitrogens with zero attached hydrogens (tertiary/aromatic N) is 2. The van der Waals surface area contributed by atoms with E-state index in [1.807, 2.05) is 0 Å². The molecule has 3 rings (SSSR count). The third-order valence-electron chi connectivity index (χ3n) is 4.98. The lowest BCUT2D eigenvalue weighted by Gasteiger charge is -2.24. The largest absolute Gasteiger partial charge is 0.331 e. The monoisotopic (exact) mass is 404 g/mol. The van der Waals surface area contributed by atoms with Crippen LogP contribution in [0.2, 0.25) is 0 Å². The first-order chi connectivity index (χ1) is 13.2. The summed E-state index contributed by atoms with van der Waals surface area (Å²) in [7, 11) is -2.15. The van der Waals surface area contributed by atoms with Gasteiger partial charge in [-0.25, -0.2) is 12.8 Å². The highest BCUT2D eigenvalue weighted by Gasteiger charge is 2.33. The number of carbonyl (C=O) groups excluding carboxylic acids is 1. The average molecular weight is 405 g/mol. The van der Waals surface area contributed by atoms with Crippen LogP contribution >= 0.6 is 0 Å². The van der Waals surface area contributed by atoms with Gasteiger partial charge in [-0.2, -0.15) is 4.31 Å². The molecule has 0 spiro atoms. The normalized spacial score (nSPS) is 14.5. The molecule has 0 N–H and O–H groups in total. The van der Waals surface area contributed by atoms with Gasteiger partial charge in [-0.15, -0.1) is 0 Å². The Morgan fingerprint density at radius 1 is 1.14 bits per heavy atom. The molecule has 2 aromatic carbocycles. The van der Waals surface area contributed by atoms with Crippen molar-refractivity contribution in [1.82, 2.24) is 9.21 Å². The summed E-state index contributed by atoms with van der Waals surface area (Å²) in [6, 6.07) is 12.2. The molecule has 1 aliphatic carbocycles. The van der Waals surface area contributed by atoms with Crippen molar-refractivity contribution in [1.29, 1.82) is 0 Å². The van der Waals surface area contributed by atoms with E-state index in [-0.39, 0.29) is 28.7 Å². The van der Waals surface area contributed by atoms with Gasteiger partial charge in [0.2, 0.25) is 10.0 Å². The lowest BCUT2D eigenvalue weighted by atomic mass is 10.1. The number of hydrogen-bond donors (Lipinski definition) is 0. The Balaban J connectivity index is 1.88. The number of carbonyl (C=O) groups is 1. The lowest BCUT2D eigenvalue weighted by Crippen LogP contribution is -2.34. The maximum absolute atomic E-state index is 13.5. The van der Waals surface area contributed by atoms with Crippen molar-refractivity contribution in [3.63, 3.8) is 0 Å². The van der Waals surface area contributed by atoms with Gasteiger partial charge in [0.15, 0.2) is 0 Å². The van der Waals surface area contributed by atoms with Crippen molar-refractivity contribution < 1.29 is 17.6 Å². The smallest absolute Gasteiger partial charge is 0.254 e. The topological polar surface area (TPSA) is 57.7 Å². The summed E-state index contributed by atoms with van der Waals surface area (Å²) in [5.41, 5.74) is 1.03. The Hall–Kier alpha value is -2.25. The van der Waals surface area contributed by atoms with Crippen LogP contribution in [0, 0.1) is 5.82 Å². The van der Waals surface area contributed by atoms with Crippen molar-refractivity contribution >= 4 is 15.9 Å². The zero-order chi connectivity index (χ0) is 20.5. The standard InChI is InChI=1S/C21H25FN2O3S/c1-15(2)23(3)28(26,27)20-9-5-7-17(13-20)21(25)24(19-10-11-19)14-16-6-4-8-18(22)12-16/h4-9,12-13,15,19H,10-11,14H2,1-3H3. The number of rotatable bonds is 7. The van der Waals surface area contributed by atoms with Crippen LogP contribution in [0.15, 0.2) is 53.4 Å². The first-order valence-electron chi connectivity index (χ1n) is 9.33. The van der Waals surface area contributed by atoms with E-state index in [2.05, 4.69) is 0 Å². The minimum atomic E-state index is -3.68. The lowest BCUT2D eigenvalue weighted by molar-refractivity contribution is 0.0729. The molecule has 0 saturated heterocycles. The molecular weight excluding hydrogens is 379 g/mol. The van der Waals surface area contributed by atoms with Gasteiger partial charge < -0.3 is 4.90 Å². The van der Waals surface area contributed by atoms with Gasteiger partial charge in [0, 0.05) is 31.2 Å². The van der Waals surface area contributed by atoms with Crippen LogP contribution in [0.25, 0.3) is 0 Å². The summed E-state index contributed by atoms with van der Waals surface area (Å²) >= 11 is 0. The molecule has 0 aliphatic heterocycles. The number of halogens is 1. The van der Waals surface area contributed by atoms with Crippen LogP contribution in [0.4, 0.5) is 4.39 Å². The predicted octanol–water partition coefficient (Wildman–Crippen LogP) is 3.66. The van der Waals surface area contributed by atoms with Crippen LogP contribution in [0.1, 0.15) is 42.6 Å². The molecule has 1 saturated carbocycles. The summed E-state index contributed by atoms with van der Waals surface area (Å²) in [6.45, 7) is 3.88. The van der Waals surface area contributed by atoms with E-state index in [4.69, 9.17) is 0 Å². The zero-order valence-corrected chi connectivity index (χ0v) is 17.1. The molecule has 0 aromatic heterocycles. The molecule has 0 unspecified atom stereocenters. The van der Waals surface area contributed by atoms with Gasteiger partial charge in [0.1, 0.15) is 5.82 Å². The van der Waals surface area contributed by atoms with Crippen LogP contribution in [0.5, 0.6) is 0 Å². The van der Waals surface area contributed by atoms with Gasteiger partial charge in [-0.1, -0.05) is 18.2 Å². The SMILES string of the molecule is CC(C)N(C)S(=O)(=O)c1cccc(C(=O)N(Cc2cccc(F)c2)C2CC2)c1. The molecule has 28 heavy (non-hydrogen) atoms. The summed E-state index contributed by atoms with van der Waals surface area (Å²) in [5.74, 6) is -0.582. The molecule has 2 aromatic rings. The first-order valence-corrected chi connectivity index (χ1v) is 10.8. The zero-order valence-electron chi connectivity index (χ0n) is 16.3. The average Bonchev–Trinajstić information content (AvgIpc) is 3.50. The van der Waals surface area contributed by atoms with Crippen LogP contribution in [-0.4, -0.2) is 42.7 Å². The van der Waals surface area contributed by atoms with E-state index in [0.717, 1.165) is 12.8 Å². The number of sulfonamides is 1. The number of benzene rings is 2. The van der Waals surface area contributed by atoms with Gasteiger partial charge in [-0.05, 0) is 62.6 Å². The predicted molar refractivity (Wildman–Crippen MR) is 106 cm³/mol. The fourth-order valence-corrected chi connectivity index (χ4v) is 4.40. The van der Waals surface area contributed by atoms with Crippen LogP contribution < -0.4 is 0 Å². The van der Waals surface area contributed by atoms with E-state index in [1.165, 1.54) is 35.6 Å². The number of hydrogen-bond acceptors (Lipinski definition) is 3. The van der Waals surface area contributed by atoms with Crippen molar-refractivity contribution in [2.45, 2.75) is 50.2 Å². The summed E-state index contributed by atoms with van der Waals surface area (Å²) in [5, 5.41) is 0. The van der Waals surface area contributed by atoms with E-state index < -0.39 is 10.0 Å². The second kappa shape index (κ2) is 8.01. The maximum Gasteiger partial charge on any atom is 0.254 e. The minimum Gasteiger partial charge on any atom is -0.331 e. The van der Waals surface area contributed by atoms with Crippen molar-refractivity contribution in [2.75, 3.05) is 7.05 Å². The first kappa shape index (κ1) is 20.5. The quantitative estimate of drug-likeness (QED) is 0.708. The highest BCUT2D eigenvalue weighted by Crippen LogP contribution is 2.30. The van der Waals surface area contributed by atoms with Crippen LogP contribution in [0.3, 0.4) is 0 Å². The molecule has 0 radical (unpaired) electrons. The minimum absolute atomic E-state index is 0.0936. The molecule has 150 valence electrons. The Bertz CT molecular complexity index is 971. The highest BCUT2D eigenvalue weighted by molar-refractivity contribution is 7.89. The fraction of sp³-hybridized carbons (Fsp3) is 0.381. The highest BCUT2D eigenvalue weighted by atomic mass is 32.2. The second-order valence-corrected chi connectivity index (χ2v) is 9.43. The van der Waals surface area contributed by atoms with Gasteiger partial charge >= 0.3 is 0 Å². The Morgan fingerprint density at radius 3 is 2.43 bits per heavy atom.